The third kappa shape index (κ3) is 7.70. The number of aliphatic carboxylic acids is 1. The summed E-state index contributed by atoms with van der Waals surface area (Å²) < 4.78 is 0. The van der Waals surface area contributed by atoms with E-state index in [1.807, 2.05) is 13.0 Å². The molecule has 0 saturated carbocycles. The number of allylic oxidation sites excluding steroid dienone is 8. The fourth-order valence-electron chi connectivity index (χ4n) is 3.43. The Kier molecular flexibility index (Phi) is 8.95. The zero-order valence-electron chi connectivity index (χ0n) is 18.2. The molecule has 1 unspecified atom stereocenters. The molecule has 2 atom stereocenters. The highest BCUT2D eigenvalue weighted by atomic mass is 16.4. The normalized spacial score (nSPS) is 21.1. The quantitative estimate of drug-likeness (QED) is 0.299. The Hall–Kier alpha value is -1.90. The van der Waals surface area contributed by atoms with E-state index >= 15 is 0 Å². The van der Waals surface area contributed by atoms with Gasteiger partial charge in [-0.25, -0.2) is 4.79 Å². The molecule has 27 heavy (non-hydrogen) atoms. The van der Waals surface area contributed by atoms with Crippen LogP contribution in [0.15, 0.2) is 51.6 Å². The summed E-state index contributed by atoms with van der Waals surface area (Å²) in [5, 5.41) is 8.82. The maximum Gasteiger partial charge on any atom is 0.328 e. The minimum atomic E-state index is -0.909. The fraction of sp³-hybridized carbons (Fsp3) is 0.583. The van der Waals surface area contributed by atoms with E-state index in [1.165, 1.54) is 24.8 Å². The van der Waals surface area contributed by atoms with Gasteiger partial charge in [-0.05, 0) is 76.4 Å². The molecule has 1 aliphatic rings. The Labute approximate surface area is 165 Å². The summed E-state index contributed by atoms with van der Waals surface area (Å²) in [5.74, 6) is -0.537. The Morgan fingerprint density at radius 3 is 2.56 bits per heavy atom. The Bertz CT molecular complexity index is 674. The molecular formula is C24H37NO2. The molecule has 0 amide bonds. The number of aliphatic imine (C=N–C) groups is 1. The van der Waals surface area contributed by atoms with Gasteiger partial charge in [0.05, 0.1) is 0 Å². The first-order chi connectivity index (χ1) is 12.5. The minimum Gasteiger partial charge on any atom is -0.480 e. The van der Waals surface area contributed by atoms with Crippen LogP contribution in [0.2, 0.25) is 0 Å². The molecular weight excluding hydrogens is 334 g/mol. The summed E-state index contributed by atoms with van der Waals surface area (Å²) in [4.78, 5) is 14.7. The minimum absolute atomic E-state index is 0.323. The highest BCUT2D eigenvalue weighted by Crippen LogP contribution is 2.42. The first-order valence-corrected chi connectivity index (χ1v) is 10.0. The second-order valence-electron chi connectivity index (χ2n) is 8.52. The average molecular weight is 372 g/mol. The van der Waals surface area contributed by atoms with Crippen molar-refractivity contribution in [3.05, 3.63) is 46.6 Å². The van der Waals surface area contributed by atoms with Crippen molar-refractivity contribution in [3.8, 4) is 0 Å². The zero-order valence-corrected chi connectivity index (χ0v) is 18.2. The van der Waals surface area contributed by atoms with Crippen LogP contribution in [0.25, 0.3) is 0 Å². The molecule has 1 aliphatic carbocycles. The van der Waals surface area contributed by atoms with Crippen LogP contribution in [0.3, 0.4) is 0 Å². The maximum atomic E-state index is 10.7. The van der Waals surface area contributed by atoms with Crippen LogP contribution in [0.4, 0.5) is 0 Å². The molecule has 0 radical (unpaired) electrons. The van der Waals surface area contributed by atoms with E-state index in [2.05, 4.69) is 57.8 Å². The molecule has 150 valence electrons. The van der Waals surface area contributed by atoms with E-state index in [4.69, 9.17) is 5.11 Å². The van der Waals surface area contributed by atoms with Crippen LogP contribution < -0.4 is 0 Å². The molecule has 0 bridgehead atoms. The topological polar surface area (TPSA) is 49.7 Å². The van der Waals surface area contributed by atoms with Gasteiger partial charge in [-0.15, -0.1) is 0 Å². The molecule has 0 aromatic carbocycles. The highest BCUT2D eigenvalue weighted by molar-refractivity contribution is 5.79. The number of carboxylic acids is 1. The average Bonchev–Trinajstić information content (AvgIpc) is 2.58. The maximum absolute atomic E-state index is 10.7. The van der Waals surface area contributed by atoms with Gasteiger partial charge >= 0.3 is 5.97 Å². The lowest BCUT2D eigenvalue weighted by Gasteiger charge is -2.34. The van der Waals surface area contributed by atoms with E-state index < -0.39 is 12.0 Å². The van der Waals surface area contributed by atoms with Crippen molar-refractivity contribution in [2.75, 3.05) is 0 Å². The lowest BCUT2D eigenvalue weighted by Crippen LogP contribution is -2.20. The third-order valence-electron chi connectivity index (χ3n) is 5.68. The smallest absolute Gasteiger partial charge is 0.328 e. The third-order valence-corrected chi connectivity index (χ3v) is 5.68. The standard InChI is InChI=1S/C24H37NO2/c1-17(14-16-25-21(5)23(26)27)10-11-18(2)19(3)12-13-22-20(4)9-8-15-24(22,6)7/h10-12,14,16,18,21H,8-9,13,15H2,1-7H3,(H,26,27)/b11-10+,17-14+,19-12+,25-16?/t18?,21-/m0/s1. The van der Waals surface area contributed by atoms with E-state index in [1.54, 1.807) is 24.3 Å². The Morgan fingerprint density at radius 1 is 1.30 bits per heavy atom. The van der Waals surface area contributed by atoms with Gasteiger partial charge < -0.3 is 5.11 Å². The largest absolute Gasteiger partial charge is 0.480 e. The molecule has 1 rings (SSSR count). The molecule has 3 heteroatoms. The van der Waals surface area contributed by atoms with Crippen molar-refractivity contribution in [2.45, 2.75) is 80.2 Å². The van der Waals surface area contributed by atoms with Gasteiger partial charge in [0, 0.05) is 6.21 Å². The number of rotatable bonds is 8. The molecule has 0 fully saturated rings. The van der Waals surface area contributed by atoms with Crippen molar-refractivity contribution in [1.82, 2.24) is 0 Å². The van der Waals surface area contributed by atoms with Crippen molar-refractivity contribution < 1.29 is 9.90 Å². The second-order valence-corrected chi connectivity index (χ2v) is 8.52. The van der Waals surface area contributed by atoms with Gasteiger partial charge in [-0.1, -0.05) is 55.7 Å². The molecule has 0 aromatic rings. The van der Waals surface area contributed by atoms with Crippen molar-refractivity contribution in [2.24, 2.45) is 16.3 Å². The van der Waals surface area contributed by atoms with Crippen molar-refractivity contribution >= 4 is 12.2 Å². The molecule has 0 aromatic heterocycles. The van der Waals surface area contributed by atoms with Crippen LogP contribution in [-0.2, 0) is 4.79 Å². The van der Waals surface area contributed by atoms with E-state index in [0.717, 1.165) is 12.0 Å². The van der Waals surface area contributed by atoms with Crippen LogP contribution in [0.1, 0.15) is 74.1 Å². The molecule has 3 nitrogen and oxygen atoms in total. The summed E-state index contributed by atoms with van der Waals surface area (Å²) in [6.07, 6.45) is 15.0. The predicted molar refractivity (Wildman–Crippen MR) is 116 cm³/mol. The highest BCUT2D eigenvalue weighted by Gasteiger charge is 2.27. The van der Waals surface area contributed by atoms with E-state index in [9.17, 15) is 4.79 Å². The number of hydrogen-bond acceptors (Lipinski definition) is 2. The van der Waals surface area contributed by atoms with Crippen molar-refractivity contribution in [1.29, 1.82) is 0 Å². The van der Waals surface area contributed by atoms with Crippen molar-refractivity contribution in [3.63, 3.8) is 0 Å². The monoisotopic (exact) mass is 371 g/mol. The second kappa shape index (κ2) is 10.4. The first kappa shape index (κ1) is 23.1. The molecule has 0 heterocycles. The number of carbonyl (C=O) groups is 1. The molecule has 0 saturated heterocycles. The van der Waals surface area contributed by atoms with E-state index in [-0.39, 0.29) is 0 Å². The number of carboxylic acid groups (broad SMARTS) is 1. The van der Waals surface area contributed by atoms with Gasteiger partial charge in [0.15, 0.2) is 0 Å². The van der Waals surface area contributed by atoms with Gasteiger partial charge in [-0.2, -0.15) is 0 Å². The Morgan fingerprint density at radius 2 is 1.96 bits per heavy atom. The number of nitrogens with zero attached hydrogens (tertiary/aromatic N) is 1. The SMILES string of the molecule is CC1=C(C/C=C(\C)C(C)/C=C/C(C)=C/C=N[C@@H](C)C(=O)O)C(C)(C)CCC1. The summed E-state index contributed by atoms with van der Waals surface area (Å²) in [6, 6.07) is -0.705. The van der Waals surface area contributed by atoms with Crippen LogP contribution in [-0.4, -0.2) is 23.3 Å². The first-order valence-electron chi connectivity index (χ1n) is 10.0. The van der Waals surface area contributed by atoms with Gasteiger partial charge in [0.25, 0.3) is 0 Å². The predicted octanol–water partition coefficient (Wildman–Crippen LogP) is 6.53. The van der Waals surface area contributed by atoms with Gasteiger partial charge in [0.2, 0.25) is 0 Å². The summed E-state index contributed by atoms with van der Waals surface area (Å²) >= 11 is 0. The zero-order chi connectivity index (χ0) is 20.6. The van der Waals surface area contributed by atoms with E-state index in [0.29, 0.717) is 11.3 Å². The molecule has 1 N–H and O–H groups in total. The van der Waals surface area contributed by atoms with Crippen LogP contribution >= 0.6 is 0 Å². The lowest BCUT2D eigenvalue weighted by molar-refractivity contribution is -0.137. The van der Waals surface area contributed by atoms with Crippen LogP contribution in [0, 0.1) is 11.3 Å². The molecule has 0 spiro atoms. The molecule has 0 aliphatic heterocycles. The Balaban J connectivity index is 2.70. The van der Waals surface area contributed by atoms with Crippen LogP contribution in [0.5, 0.6) is 0 Å². The van der Waals surface area contributed by atoms with Gasteiger partial charge in [0.1, 0.15) is 6.04 Å². The van der Waals surface area contributed by atoms with Gasteiger partial charge in [-0.3, -0.25) is 4.99 Å². The summed E-state index contributed by atoms with van der Waals surface area (Å²) in [7, 11) is 0. The lowest BCUT2D eigenvalue weighted by atomic mass is 9.71. The summed E-state index contributed by atoms with van der Waals surface area (Å²) in [5.41, 5.74) is 5.96. The summed E-state index contributed by atoms with van der Waals surface area (Å²) in [6.45, 7) is 15.0. The fourth-order valence-corrected chi connectivity index (χ4v) is 3.43. The number of hydrogen-bond donors (Lipinski definition) is 1.